The summed E-state index contributed by atoms with van der Waals surface area (Å²) in [5.41, 5.74) is 1.89. The molecule has 0 aliphatic rings. The molecule has 0 unspecified atom stereocenters. The van der Waals surface area contributed by atoms with Gasteiger partial charge in [0.05, 0.1) is 18.5 Å². The van der Waals surface area contributed by atoms with Crippen molar-refractivity contribution in [2.45, 2.75) is 34.1 Å². The van der Waals surface area contributed by atoms with Crippen molar-refractivity contribution in [2.75, 3.05) is 29.6 Å². The first-order valence-electron chi connectivity index (χ1n) is 14.3. The van der Waals surface area contributed by atoms with Crippen LogP contribution in [0.1, 0.15) is 64.6 Å². The Kier molecular flexibility index (Phi) is 16.3. The Balaban J connectivity index is 0.000000378. The van der Waals surface area contributed by atoms with Crippen LogP contribution in [-0.4, -0.2) is 72.5 Å². The molecule has 0 radical (unpaired) electrons. The first-order chi connectivity index (χ1) is 21.9. The minimum absolute atomic E-state index is 0.118. The van der Waals surface area contributed by atoms with E-state index >= 15 is 0 Å². The summed E-state index contributed by atoms with van der Waals surface area (Å²) in [6.45, 7) is 8.62. The lowest BCUT2D eigenvalue weighted by Gasteiger charge is -2.03. The third-order valence-corrected chi connectivity index (χ3v) is 6.00. The van der Waals surface area contributed by atoms with E-state index in [4.69, 9.17) is 0 Å². The Hall–Kier alpha value is -5.67. The number of nitrogens with one attached hydrogen (secondary N) is 4. The summed E-state index contributed by atoms with van der Waals surface area (Å²) in [6, 6.07) is 3.14. The van der Waals surface area contributed by atoms with E-state index < -0.39 is 11.9 Å². The number of carbonyl (C=O) groups is 5. The van der Waals surface area contributed by atoms with E-state index in [1.165, 1.54) is 23.9 Å². The van der Waals surface area contributed by atoms with Gasteiger partial charge in [0.2, 0.25) is 18.6 Å². The van der Waals surface area contributed by atoms with E-state index in [2.05, 4.69) is 36.0 Å². The van der Waals surface area contributed by atoms with Crippen LogP contribution >= 0.6 is 0 Å². The van der Waals surface area contributed by atoms with Crippen molar-refractivity contribution in [3.05, 3.63) is 66.2 Å². The predicted molar refractivity (Wildman–Crippen MR) is 175 cm³/mol. The Bertz CT molecular complexity index is 1560. The molecule has 0 bridgehead atoms. The van der Waals surface area contributed by atoms with Crippen LogP contribution in [-0.2, 0) is 42.5 Å². The van der Waals surface area contributed by atoms with Gasteiger partial charge in [-0.2, -0.15) is 0 Å². The van der Waals surface area contributed by atoms with Gasteiger partial charge in [0.25, 0.3) is 11.8 Å². The third-order valence-electron chi connectivity index (χ3n) is 6.00. The number of aromatic nitrogens is 6. The molecule has 0 fully saturated rings. The molecular formula is C30H44N10O6. The number of rotatable bonds is 10. The van der Waals surface area contributed by atoms with Gasteiger partial charge >= 0.3 is 5.97 Å². The van der Waals surface area contributed by atoms with Crippen LogP contribution in [0.3, 0.4) is 0 Å². The van der Waals surface area contributed by atoms with E-state index in [0.29, 0.717) is 42.1 Å². The van der Waals surface area contributed by atoms with Crippen molar-refractivity contribution >= 4 is 47.8 Å². The maximum atomic E-state index is 12.2. The highest BCUT2D eigenvalue weighted by Crippen LogP contribution is 2.16. The number of hydrogen-bond acceptors (Lipinski definition) is 8. The molecule has 4 N–H and O–H groups in total. The van der Waals surface area contributed by atoms with Crippen LogP contribution in [0.5, 0.6) is 0 Å². The number of anilines is 3. The smallest absolute Gasteiger partial charge is 0.354 e. The maximum absolute atomic E-state index is 12.2. The molecule has 4 amide bonds. The molecule has 4 rings (SSSR count). The lowest BCUT2D eigenvalue weighted by molar-refractivity contribution is -0.106. The quantitative estimate of drug-likeness (QED) is 0.150. The van der Waals surface area contributed by atoms with Gasteiger partial charge in [-0.3, -0.25) is 19.2 Å². The second-order valence-electron chi connectivity index (χ2n) is 9.32. The molecule has 0 saturated carbocycles. The molecule has 4 aromatic rings. The van der Waals surface area contributed by atoms with Gasteiger partial charge in [-0.05, 0) is 25.5 Å². The number of aryl methyl sites for hydroxylation is 5. The molecule has 46 heavy (non-hydrogen) atoms. The van der Waals surface area contributed by atoms with Crippen LogP contribution < -0.4 is 21.3 Å². The fourth-order valence-electron chi connectivity index (χ4n) is 3.64. The zero-order valence-corrected chi connectivity index (χ0v) is 27.7. The first-order valence-corrected chi connectivity index (χ1v) is 14.3. The molecule has 250 valence electrons. The van der Waals surface area contributed by atoms with E-state index in [0.717, 1.165) is 12.2 Å². The largest absolute Gasteiger partial charge is 0.464 e. The van der Waals surface area contributed by atoms with Gasteiger partial charge in [-0.1, -0.05) is 20.8 Å². The number of imidazole rings is 2. The van der Waals surface area contributed by atoms with Crippen molar-refractivity contribution in [2.24, 2.45) is 28.2 Å². The molecule has 4 heterocycles. The van der Waals surface area contributed by atoms with Crippen LogP contribution in [0.2, 0.25) is 0 Å². The van der Waals surface area contributed by atoms with E-state index in [1.54, 1.807) is 54.9 Å². The molecule has 0 saturated heterocycles. The van der Waals surface area contributed by atoms with Crippen molar-refractivity contribution in [3.8, 4) is 0 Å². The summed E-state index contributed by atoms with van der Waals surface area (Å²) in [6.07, 6.45) is 10.5. The topological polar surface area (TPSA) is 188 Å². The van der Waals surface area contributed by atoms with Gasteiger partial charge in [0.1, 0.15) is 17.2 Å². The van der Waals surface area contributed by atoms with Gasteiger partial charge in [0.15, 0.2) is 5.82 Å². The van der Waals surface area contributed by atoms with Gasteiger partial charge in [-0.25, -0.2) is 14.8 Å². The van der Waals surface area contributed by atoms with Crippen molar-refractivity contribution in [3.63, 3.8) is 0 Å². The predicted octanol–water partition coefficient (Wildman–Crippen LogP) is 2.85. The van der Waals surface area contributed by atoms with Gasteiger partial charge < -0.3 is 44.3 Å². The number of esters is 1. The summed E-state index contributed by atoms with van der Waals surface area (Å²) in [5.74, 6) is 0.345. The number of ether oxygens (including phenoxy) is 1. The summed E-state index contributed by atoms with van der Waals surface area (Å²) in [4.78, 5) is 63.9. The second-order valence-corrected chi connectivity index (χ2v) is 9.32. The lowest BCUT2D eigenvalue weighted by atomic mass is 10.3. The van der Waals surface area contributed by atoms with Crippen LogP contribution in [0.4, 0.5) is 17.2 Å². The summed E-state index contributed by atoms with van der Waals surface area (Å²) >= 11 is 0. The minimum atomic E-state index is -0.502. The van der Waals surface area contributed by atoms with E-state index in [-0.39, 0.29) is 17.5 Å². The van der Waals surface area contributed by atoms with Crippen molar-refractivity contribution in [1.29, 1.82) is 0 Å². The number of hydrogen-bond donors (Lipinski definition) is 4. The highest BCUT2D eigenvalue weighted by Gasteiger charge is 2.17. The minimum Gasteiger partial charge on any atom is -0.464 e. The van der Waals surface area contributed by atoms with Crippen LogP contribution in [0.25, 0.3) is 0 Å². The molecule has 0 spiro atoms. The number of nitrogens with zero attached hydrogens (tertiary/aromatic N) is 6. The fourth-order valence-corrected chi connectivity index (χ4v) is 3.64. The Labute approximate surface area is 268 Å². The lowest BCUT2D eigenvalue weighted by Crippen LogP contribution is -2.25. The molecule has 0 aliphatic heterocycles. The standard InChI is InChI=1S/C13H15N5O4.C10H15N3O2.C5H8N2.C2H6/c1-17-5-8(4-9(17)13(21)22-3)15-12(20)11-16-10(14-7-19)6-18(11)2;1-3-4-11-10(15)9-5-8(12-7-14)6-13(9)2;1-5-6-3-4-7(5)2;1-2/h4-7H,1-3H3,(H,14,19)(H,15,20);5-7H,3-4H2,1-2H3,(H,11,15)(H,12,14);3-4H,1-2H3;1-2H3. The van der Waals surface area contributed by atoms with Crippen LogP contribution in [0, 0.1) is 6.92 Å². The summed E-state index contributed by atoms with van der Waals surface area (Å²) in [7, 11) is 8.31. The highest BCUT2D eigenvalue weighted by atomic mass is 16.5. The zero-order chi connectivity index (χ0) is 34.8. The third kappa shape index (κ3) is 11.4. The molecular weight excluding hydrogens is 596 g/mol. The average Bonchev–Trinajstić information content (AvgIpc) is 3.80. The zero-order valence-electron chi connectivity index (χ0n) is 27.7. The molecule has 16 heteroatoms. The summed E-state index contributed by atoms with van der Waals surface area (Å²) < 4.78 is 11.3. The fraction of sp³-hybridized carbons (Fsp3) is 0.367. The molecule has 16 nitrogen and oxygen atoms in total. The molecule has 4 aromatic heterocycles. The van der Waals surface area contributed by atoms with Crippen molar-refractivity contribution < 1.29 is 28.7 Å². The van der Waals surface area contributed by atoms with E-state index in [1.807, 2.05) is 45.5 Å². The molecule has 0 aliphatic carbocycles. The average molecular weight is 641 g/mol. The highest BCUT2D eigenvalue weighted by molar-refractivity contribution is 6.03. The Morgan fingerprint density at radius 3 is 1.98 bits per heavy atom. The number of amides is 4. The molecule has 0 atom stereocenters. The first kappa shape index (κ1) is 38.4. The van der Waals surface area contributed by atoms with Crippen LogP contribution in [0.15, 0.2) is 43.1 Å². The Morgan fingerprint density at radius 2 is 1.46 bits per heavy atom. The Morgan fingerprint density at radius 1 is 0.848 bits per heavy atom. The number of carbonyl (C=O) groups excluding carboxylic acids is 5. The van der Waals surface area contributed by atoms with E-state index in [9.17, 15) is 24.0 Å². The monoisotopic (exact) mass is 640 g/mol. The van der Waals surface area contributed by atoms with Gasteiger partial charge in [-0.15, -0.1) is 0 Å². The molecule has 0 aromatic carbocycles. The number of methoxy groups -OCH3 is 1. The maximum Gasteiger partial charge on any atom is 0.354 e. The SMILES string of the molecule is CC.CCCNC(=O)c1cc(NC=O)cn1C.COC(=O)c1cc(NC(=O)c2nc(NC=O)cn2C)cn1C.Cc1nccn1C. The summed E-state index contributed by atoms with van der Waals surface area (Å²) in [5, 5.41) is 10.3. The normalized spacial score (nSPS) is 9.59. The van der Waals surface area contributed by atoms with Gasteiger partial charge in [0, 0.05) is 65.7 Å². The second kappa shape index (κ2) is 19.6. The van der Waals surface area contributed by atoms with Crippen molar-refractivity contribution in [1.82, 2.24) is 33.6 Å².